The molecule has 0 unspecified atom stereocenters. The van der Waals surface area contributed by atoms with E-state index < -0.39 is 5.97 Å². The van der Waals surface area contributed by atoms with Gasteiger partial charge in [0.2, 0.25) is 0 Å². The molecule has 4 rings (SSSR count). The average molecular weight is 481 g/mol. The standard InChI is InChI=1S/C32H32O4/c1-4-24(20-26-9-7-6-8-22(26)3)32(25-13-10-23(11-14-25)12-17-31(33)34)28(5-2)27-15-16-29-30(21-27)36-19-18-35-29/h6-17,20-21H,4-5,18-19H2,1-3H3,(H,33,34)/b17-12+,24-20+,32-28-. The molecule has 3 aromatic carbocycles. The molecule has 184 valence electrons. The second-order valence-corrected chi connectivity index (χ2v) is 8.74. The zero-order chi connectivity index (χ0) is 25.5. The molecule has 0 bridgehead atoms. The van der Waals surface area contributed by atoms with Crippen LogP contribution in [-0.4, -0.2) is 24.3 Å². The summed E-state index contributed by atoms with van der Waals surface area (Å²) in [7, 11) is 0. The average Bonchev–Trinajstić information content (AvgIpc) is 2.90. The van der Waals surface area contributed by atoms with Gasteiger partial charge in [-0.25, -0.2) is 4.79 Å². The van der Waals surface area contributed by atoms with E-state index in [1.165, 1.54) is 27.8 Å². The Bertz CT molecular complexity index is 1330. The fourth-order valence-electron chi connectivity index (χ4n) is 4.53. The molecule has 0 fully saturated rings. The predicted molar refractivity (Wildman–Crippen MR) is 147 cm³/mol. The van der Waals surface area contributed by atoms with Crippen LogP contribution in [0.2, 0.25) is 0 Å². The summed E-state index contributed by atoms with van der Waals surface area (Å²) < 4.78 is 11.6. The van der Waals surface area contributed by atoms with Gasteiger partial charge in [0.05, 0.1) is 0 Å². The molecule has 0 aromatic heterocycles. The van der Waals surface area contributed by atoms with Gasteiger partial charge in [0, 0.05) is 6.08 Å². The van der Waals surface area contributed by atoms with Crippen LogP contribution in [0.15, 0.2) is 78.4 Å². The molecule has 0 amide bonds. The third kappa shape index (κ3) is 5.77. The van der Waals surface area contributed by atoms with Crippen LogP contribution in [0.3, 0.4) is 0 Å². The summed E-state index contributed by atoms with van der Waals surface area (Å²) in [4.78, 5) is 10.9. The zero-order valence-electron chi connectivity index (χ0n) is 21.1. The van der Waals surface area contributed by atoms with Crippen molar-refractivity contribution in [3.63, 3.8) is 0 Å². The number of rotatable bonds is 8. The third-order valence-electron chi connectivity index (χ3n) is 6.38. The number of aliphatic carboxylic acids is 1. The van der Waals surface area contributed by atoms with E-state index in [2.05, 4.69) is 75.4 Å². The molecular weight excluding hydrogens is 448 g/mol. The highest BCUT2D eigenvalue weighted by Gasteiger charge is 2.18. The molecule has 1 aliphatic rings. The Morgan fingerprint density at radius 3 is 2.25 bits per heavy atom. The van der Waals surface area contributed by atoms with Crippen molar-refractivity contribution >= 4 is 29.3 Å². The molecule has 0 saturated carbocycles. The number of benzene rings is 3. The molecule has 36 heavy (non-hydrogen) atoms. The summed E-state index contributed by atoms with van der Waals surface area (Å²) in [5, 5.41) is 8.98. The topological polar surface area (TPSA) is 55.8 Å². The van der Waals surface area contributed by atoms with Crippen molar-refractivity contribution in [2.45, 2.75) is 33.6 Å². The number of carboxylic acids is 1. The van der Waals surface area contributed by atoms with Crippen molar-refractivity contribution in [2.24, 2.45) is 0 Å². The van der Waals surface area contributed by atoms with E-state index in [4.69, 9.17) is 14.6 Å². The number of hydrogen-bond acceptors (Lipinski definition) is 3. The Balaban J connectivity index is 1.90. The van der Waals surface area contributed by atoms with Gasteiger partial charge in [-0.1, -0.05) is 74.5 Å². The quantitative estimate of drug-likeness (QED) is 0.204. The van der Waals surface area contributed by atoms with Crippen LogP contribution in [0.25, 0.3) is 23.3 Å². The van der Waals surface area contributed by atoms with Gasteiger partial charge in [-0.2, -0.15) is 0 Å². The summed E-state index contributed by atoms with van der Waals surface area (Å²) in [5.41, 5.74) is 9.13. The van der Waals surface area contributed by atoms with E-state index in [1.807, 2.05) is 18.2 Å². The van der Waals surface area contributed by atoms with Crippen LogP contribution in [0.4, 0.5) is 0 Å². The van der Waals surface area contributed by atoms with E-state index in [1.54, 1.807) is 6.08 Å². The predicted octanol–water partition coefficient (Wildman–Crippen LogP) is 7.68. The second-order valence-electron chi connectivity index (χ2n) is 8.74. The van der Waals surface area contributed by atoms with Crippen LogP contribution in [-0.2, 0) is 4.79 Å². The minimum absolute atomic E-state index is 0.549. The monoisotopic (exact) mass is 480 g/mol. The first-order valence-corrected chi connectivity index (χ1v) is 12.4. The molecule has 1 aliphatic heterocycles. The molecule has 0 radical (unpaired) electrons. The van der Waals surface area contributed by atoms with E-state index in [9.17, 15) is 4.79 Å². The Kier molecular flexibility index (Phi) is 8.06. The number of carboxylic acid groups (broad SMARTS) is 1. The van der Waals surface area contributed by atoms with Crippen molar-refractivity contribution < 1.29 is 19.4 Å². The summed E-state index contributed by atoms with van der Waals surface area (Å²) in [6.07, 6.45) is 6.75. The molecule has 4 nitrogen and oxygen atoms in total. The lowest BCUT2D eigenvalue weighted by Crippen LogP contribution is -2.15. The van der Waals surface area contributed by atoms with Crippen molar-refractivity contribution in [3.05, 3.63) is 106 Å². The number of allylic oxidation sites excluding steroid dienone is 3. The maximum atomic E-state index is 10.9. The molecular formula is C32H32O4. The lowest BCUT2D eigenvalue weighted by atomic mass is 9.85. The maximum Gasteiger partial charge on any atom is 0.328 e. The van der Waals surface area contributed by atoms with Crippen LogP contribution < -0.4 is 9.47 Å². The first kappa shape index (κ1) is 25.1. The van der Waals surface area contributed by atoms with Crippen LogP contribution in [0.5, 0.6) is 11.5 Å². The number of aryl methyl sites for hydroxylation is 1. The number of ether oxygens (including phenoxy) is 2. The lowest BCUT2D eigenvalue weighted by Gasteiger charge is -2.22. The van der Waals surface area contributed by atoms with Gasteiger partial charge in [-0.15, -0.1) is 0 Å². The molecule has 0 saturated heterocycles. The van der Waals surface area contributed by atoms with Gasteiger partial charge in [0.1, 0.15) is 13.2 Å². The zero-order valence-corrected chi connectivity index (χ0v) is 21.1. The highest BCUT2D eigenvalue weighted by Crippen LogP contribution is 2.40. The Morgan fingerprint density at radius 1 is 0.889 bits per heavy atom. The maximum absolute atomic E-state index is 10.9. The molecule has 0 aliphatic carbocycles. The van der Waals surface area contributed by atoms with Crippen LogP contribution >= 0.6 is 0 Å². The van der Waals surface area contributed by atoms with E-state index in [-0.39, 0.29) is 0 Å². The van der Waals surface area contributed by atoms with Gasteiger partial charge < -0.3 is 14.6 Å². The largest absolute Gasteiger partial charge is 0.486 e. The summed E-state index contributed by atoms with van der Waals surface area (Å²) in [5.74, 6) is 0.600. The molecule has 4 heteroatoms. The summed E-state index contributed by atoms with van der Waals surface area (Å²) in [6.45, 7) is 7.61. The van der Waals surface area contributed by atoms with Crippen LogP contribution in [0, 0.1) is 6.92 Å². The van der Waals surface area contributed by atoms with Gasteiger partial charge in [0.25, 0.3) is 0 Å². The van der Waals surface area contributed by atoms with Gasteiger partial charge >= 0.3 is 5.97 Å². The Morgan fingerprint density at radius 2 is 1.58 bits per heavy atom. The summed E-state index contributed by atoms with van der Waals surface area (Å²) in [6, 6.07) is 22.7. The normalized spacial score (nSPS) is 14.0. The first-order chi connectivity index (χ1) is 17.5. The fourth-order valence-corrected chi connectivity index (χ4v) is 4.53. The molecule has 1 heterocycles. The SMILES string of the molecule is CC/C(=C(\C(=C\c1ccccc1C)CC)c1ccc(/C=C/C(=O)O)cc1)c1ccc2c(c1)OCCO2. The van der Waals surface area contributed by atoms with Gasteiger partial charge in [0.15, 0.2) is 11.5 Å². The fraction of sp³-hybridized carbons (Fsp3) is 0.219. The number of carbonyl (C=O) groups is 1. The van der Waals surface area contributed by atoms with Gasteiger partial charge in [-0.3, -0.25) is 0 Å². The number of hydrogen-bond donors (Lipinski definition) is 1. The molecule has 0 atom stereocenters. The van der Waals surface area contributed by atoms with E-state index in [0.717, 1.165) is 47.1 Å². The highest BCUT2D eigenvalue weighted by molar-refractivity contribution is 6.01. The first-order valence-electron chi connectivity index (χ1n) is 12.4. The van der Waals surface area contributed by atoms with Crippen molar-refractivity contribution in [1.29, 1.82) is 0 Å². The second kappa shape index (κ2) is 11.6. The summed E-state index contributed by atoms with van der Waals surface area (Å²) >= 11 is 0. The molecule has 1 N–H and O–H groups in total. The third-order valence-corrected chi connectivity index (χ3v) is 6.38. The Hall–Kier alpha value is -4.05. The molecule has 3 aromatic rings. The van der Waals surface area contributed by atoms with Crippen molar-refractivity contribution in [1.82, 2.24) is 0 Å². The highest BCUT2D eigenvalue weighted by atomic mass is 16.6. The Labute approximate surface area is 213 Å². The van der Waals surface area contributed by atoms with Crippen LogP contribution in [0.1, 0.15) is 54.5 Å². The number of fused-ring (bicyclic) bond motifs is 1. The van der Waals surface area contributed by atoms with E-state index in [0.29, 0.717) is 13.2 Å². The van der Waals surface area contributed by atoms with E-state index >= 15 is 0 Å². The lowest BCUT2D eigenvalue weighted by molar-refractivity contribution is -0.131. The van der Waals surface area contributed by atoms with Gasteiger partial charge in [-0.05, 0) is 82.5 Å². The smallest absolute Gasteiger partial charge is 0.328 e. The minimum atomic E-state index is -0.957. The minimum Gasteiger partial charge on any atom is -0.486 e. The van der Waals surface area contributed by atoms with Crippen molar-refractivity contribution in [2.75, 3.05) is 13.2 Å². The molecule has 0 spiro atoms. The van der Waals surface area contributed by atoms with Crippen molar-refractivity contribution in [3.8, 4) is 11.5 Å².